The first-order valence-electron chi connectivity index (χ1n) is 6.52. The minimum atomic E-state index is -1.76. The molecule has 1 saturated carbocycles. The molecule has 0 aromatic heterocycles. The topological polar surface area (TPSA) is 74.6 Å². The summed E-state index contributed by atoms with van der Waals surface area (Å²) in [5.74, 6) is -2.57. The van der Waals surface area contributed by atoms with Gasteiger partial charge in [0.25, 0.3) is 0 Å². The first kappa shape index (κ1) is 13.7. The van der Waals surface area contributed by atoms with Gasteiger partial charge in [-0.15, -0.1) is 0 Å². The molecule has 1 aromatic carbocycles. The van der Waals surface area contributed by atoms with Crippen molar-refractivity contribution in [3.05, 3.63) is 35.4 Å². The quantitative estimate of drug-likeness (QED) is 0.819. The van der Waals surface area contributed by atoms with Crippen LogP contribution in [0.4, 0.5) is 0 Å². The summed E-state index contributed by atoms with van der Waals surface area (Å²) in [6, 6.07) is 6.86. The van der Waals surface area contributed by atoms with Crippen LogP contribution in [0.25, 0.3) is 0 Å². The number of hydrogen-bond acceptors (Lipinski definition) is 3. The van der Waals surface area contributed by atoms with Gasteiger partial charge >= 0.3 is 5.97 Å². The van der Waals surface area contributed by atoms with E-state index in [9.17, 15) is 19.8 Å². The average molecular weight is 262 g/mol. The van der Waals surface area contributed by atoms with Crippen LogP contribution in [0.5, 0.6) is 0 Å². The summed E-state index contributed by atoms with van der Waals surface area (Å²) in [7, 11) is 0. The van der Waals surface area contributed by atoms with E-state index in [1.54, 1.807) is 24.3 Å². The van der Waals surface area contributed by atoms with Gasteiger partial charge in [0.2, 0.25) is 0 Å². The van der Waals surface area contributed by atoms with E-state index in [-0.39, 0.29) is 6.42 Å². The molecule has 1 aromatic rings. The van der Waals surface area contributed by atoms with Gasteiger partial charge < -0.3 is 10.2 Å². The second kappa shape index (κ2) is 5.13. The van der Waals surface area contributed by atoms with E-state index in [4.69, 9.17) is 0 Å². The van der Waals surface area contributed by atoms with Crippen molar-refractivity contribution in [2.75, 3.05) is 0 Å². The summed E-state index contributed by atoms with van der Waals surface area (Å²) in [6.45, 7) is 1.91. The average Bonchev–Trinajstić information content (AvgIpc) is 2.39. The van der Waals surface area contributed by atoms with Crippen molar-refractivity contribution >= 4 is 11.8 Å². The van der Waals surface area contributed by atoms with Gasteiger partial charge in [0.15, 0.2) is 5.78 Å². The fraction of sp³-hybridized carbons (Fsp3) is 0.467. The highest BCUT2D eigenvalue weighted by Gasteiger charge is 2.49. The molecule has 19 heavy (non-hydrogen) atoms. The number of benzene rings is 1. The van der Waals surface area contributed by atoms with Gasteiger partial charge in [0, 0.05) is 5.56 Å². The monoisotopic (exact) mass is 262 g/mol. The number of aliphatic carboxylic acids is 1. The summed E-state index contributed by atoms with van der Waals surface area (Å²) >= 11 is 0. The molecule has 4 heteroatoms. The number of hydrogen-bond donors (Lipinski definition) is 2. The molecule has 2 unspecified atom stereocenters. The number of rotatable bonds is 3. The number of carboxylic acids is 1. The van der Waals surface area contributed by atoms with E-state index in [0.717, 1.165) is 12.0 Å². The number of Topliss-reactive ketones (excluding diaryl/α,β-unsaturated/α-hetero) is 1. The predicted molar refractivity (Wildman–Crippen MR) is 70.1 cm³/mol. The molecule has 0 aliphatic heterocycles. The van der Waals surface area contributed by atoms with E-state index in [2.05, 4.69) is 0 Å². The molecule has 0 amide bonds. The molecule has 0 bridgehead atoms. The zero-order chi connectivity index (χ0) is 14.0. The molecule has 2 rings (SSSR count). The molecule has 4 nitrogen and oxygen atoms in total. The van der Waals surface area contributed by atoms with Crippen molar-refractivity contribution in [1.82, 2.24) is 0 Å². The van der Waals surface area contributed by atoms with E-state index in [1.165, 1.54) is 0 Å². The van der Waals surface area contributed by atoms with E-state index < -0.39 is 23.3 Å². The number of aryl methyl sites for hydroxylation is 1. The Balaban J connectivity index is 2.33. The third kappa shape index (κ3) is 2.54. The maximum atomic E-state index is 12.4. The van der Waals surface area contributed by atoms with Crippen molar-refractivity contribution in [2.45, 2.75) is 38.2 Å². The Labute approximate surface area is 112 Å². The van der Waals surface area contributed by atoms with Crippen molar-refractivity contribution in [1.29, 1.82) is 0 Å². The Morgan fingerprint density at radius 3 is 2.42 bits per heavy atom. The van der Waals surface area contributed by atoms with Crippen LogP contribution in [0.2, 0.25) is 0 Å². The minimum Gasteiger partial charge on any atom is -0.481 e. The van der Waals surface area contributed by atoms with Crippen molar-refractivity contribution in [2.24, 2.45) is 5.92 Å². The zero-order valence-corrected chi connectivity index (χ0v) is 10.9. The third-order valence-corrected chi connectivity index (χ3v) is 3.88. The van der Waals surface area contributed by atoms with Crippen molar-refractivity contribution in [3.8, 4) is 0 Å². The van der Waals surface area contributed by atoms with Crippen LogP contribution in [0.3, 0.4) is 0 Å². The second-order valence-corrected chi connectivity index (χ2v) is 5.26. The minimum absolute atomic E-state index is 0.219. The standard InChI is InChI=1S/C15H18O4/c1-10-5-7-11(8-6-10)13(16)15(19)9-3-2-4-12(15)14(17)18/h5-8,12,19H,2-4,9H2,1H3,(H,17,18). The molecule has 1 aliphatic rings. The molecule has 0 heterocycles. The Bertz CT molecular complexity index is 491. The highest BCUT2D eigenvalue weighted by Crippen LogP contribution is 2.36. The molecular weight excluding hydrogens is 244 g/mol. The summed E-state index contributed by atoms with van der Waals surface area (Å²) in [5.41, 5.74) is -0.373. The van der Waals surface area contributed by atoms with Gasteiger partial charge in [-0.25, -0.2) is 0 Å². The third-order valence-electron chi connectivity index (χ3n) is 3.88. The molecule has 0 spiro atoms. The molecule has 2 N–H and O–H groups in total. The fourth-order valence-corrected chi connectivity index (χ4v) is 2.71. The largest absolute Gasteiger partial charge is 0.481 e. The molecule has 2 atom stereocenters. The molecule has 1 aliphatic carbocycles. The lowest BCUT2D eigenvalue weighted by atomic mass is 9.71. The van der Waals surface area contributed by atoms with Crippen molar-refractivity contribution in [3.63, 3.8) is 0 Å². The first-order valence-corrected chi connectivity index (χ1v) is 6.52. The number of aliphatic hydroxyl groups is 1. The highest BCUT2D eigenvalue weighted by atomic mass is 16.4. The van der Waals surface area contributed by atoms with Crippen LogP contribution < -0.4 is 0 Å². The van der Waals surface area contributed by atoms with Crippen LogP contribution in [0.15, 0.2) is 24.3 Å². The molecule has 0 radical (unpaired) electrons. The van der Waals surface area contributed by atoms with E-state index in [1.807, 2.05) is 6.92 Å². The SMILES string of the molecule is Cc1ccc(C(=O)C2(O)CCCCC2C(=O)O)cc1. The number of carbonyl (C=O) groups is 2. The van der Waals surface area contributed by atoms with Gasteiger partial charge in [0.1, 0.15) is 5.60 Å². The zero-order valence-electron chi connectivity index (χ0n) is 10.9. The van der Waals surface area contributed by atoms with E-state index in [0.29, 0.717) is 18.4 Å². The molecular formula is C15H18O4. The van der Waals surface area contributed by atoms with Gasteiger partial charge in [-0.3, -0.25) is 9.59 Å². The predicted octanol–water partition coefficient (Wildman–Crippen LogP) is 2.18. The maximum Gasteiger partial charge on any atom is 0.309 e. The number of ketones is 1. The highest BCUT2D eigenvalue weighted by molar-refractivity contribution is 6.04. The smallest absolute Gasteiger partial charge is 0.309 e. The normalized spacial score (nSPS) is 26.9. The van der Waals surface area contributed by atoms with Crippen LogP contribution in [0.1, 0.15) is 41.6 Å². The second-order valence-electron chi connectivity index (χ2n) is 5.26. The van der Waals surface area contributed by atoms with Crippen LogP contribution in [0, 0.1) is 12.8 Å². The van der Waals surface area contributed by atoms with Crippen LogP contribution in [-0.4, -0.2) is 27.6 Å². The fourth-order valence-electron chi connectivity index (χ4n) is 2.71. The van der Waals surface area contributed by atoms with Crippen molar-refractivity contribution < 1.29 is 19.8 Å². The number of carboxylic acid groups (broad SMARTS) is 1. The lowest BCUT2D eigenvalue weighted by Gasteiger charge is -2.36. The molecule has 102 valence electrons. The first-order chi connectivity index (χ1) is 8.95. The van der Waals surface area contributed by atoms with Gasteiger partial charge in [-0.2, -0.15) is 0 Å². The van der Waals surface area contributed by atoms with Gasteiger partial charge in [-0.05, 0) is 19.8 Å². The molecule has 0 saturated heterocycles. The summed E-state index contributed by atoms with van der Waals surface area (Å²) in [4.78, 5) is 23.7. The number of carbonyl (C=O) groups excluding carboxylic acids is 1. The lowest BCUT2D eigenvalue weighted by Crippen LogP contribution is -2.51. The Kier molecular flexibility index (Phi) is 3.71. The lowest BCUT2D eigenvalue weighted by molar-refractivity contribution is -0.151. The Hall–Kier alpha value is -1.68. The van der Waals surface area contributed by atoms with Crippen LogP contribution >= 0.6 is 0 Å². The van der Waals surface area contributed by atoms with E-state index >= 15 is 0 Å². The molecule has 1 fully saturated rings. The summed E-state index contributed by atoms with van der Waals surface area (Å²) in [6.07, 6.45) is 1.98. The van der Waals surface area contributed by atoms with Crippen LogP contribution in [-0.2, 0) is 4.79 Å². The maximum absolute atomic E-state index is 12.4. The van der Waals surface area contributed by atoms with Gasteiger partial charge in [0.05, 0.1) is 5.92 Å². The summed E-state index contributed by atoms with van der Waals surface area (Å²) in [5, 5.41) is 19.8. The Morgan fingerprint density at radius 2 is 1.84 bits per heavy atom. The van der Waals surface area contributed by atoms with Gasteiger partial charge in [-0.1, -0.05) is 42.7 Å². The summed E-state index contributed by atoms with van der Waals surface area (Å²) < 4.78 is 0. The Morgan fingerprint density at radius 1 is 1.21 bits per heavy atom.